The second-order valence-corrected chi connectivity index (χ2v) is 8.88. The Kier molecular flexibility index (Phi) is 6.82. The third-order valence-corrected chi connectivity index (χ3v) is 6.48. The molecular formula is C22H24F3N5O2S. The van der Waals surface area contributed by atoms with Gasteiger partial charge in [0.1, 0.15) is 34.6 Å². The van der Waals surface area contributed by atoms with Crippen LogP contribution in [-0.2, 0) is 11.8 Å². The van der Waals surface area contributed by atoms with Gasteiger partial charge in [-0.1, -0.05) is 0 Å². The van der Waals surface area contributed by atoms with Gasteiger partial charge in [0, 0.05) is 25.1 Å². The molecule has 1 saturated heterocycles. The number of amides is 1. The number of hydrogen-bond donors (Lipinski definition) is 2. The fraction of sp³-hybridized carbons (Fsp3) is 0.409. The fourth-order valence-corrected chi connectivity index (χ4v) is 4.65. The number of carbonyl (C=O) groups excluding carboxylic acids is 1. The number of ether oxygens (including phenoxy) is 1. The summed E-state index contributed by atoms with van der Waals surface area (Å²) in [5.74, 6) is -2.42. The minimum atomic E-state index is -1.51. The summed E-state index contributed by atoms with van der Waals surface area (Å²) in [4.78, 5) is 16.9. The summed E-state index contributed by atoms with van der Waals surface area (Å²) in [6.07, 6.45) is 1.97. The van der Waals surface area contributed by atoms with E-state index in [-0.39, 0.29) is 28.4 Å². The largest absolute Gasteiger partial charge is 0.372 e. The zero-order chi connectivity index (χ0) is 23.7. The zero-order valence-corrected chi connectivity index (χ0v) is 19.0. The Morgan fingerprint density at radius 2 is 2.03 bits per heavy atom. The van der Waals surface area contributed by atoms with Gasteiger partial charge in [-0.3, -0.25) is 9.48 Å². The summed E-state index contributed by atoms with van der Waals surface area (Å²) in [5, 5.41) is 8.39. The number of nitrogens with two attached hydrogens (primary N) is 1. The predicted octanol–water partition coefficient (Wildman–Crippen LogP) is 4.67. The molecule has 0 saturated carbocycles. The van der Waals surface area contributed by atoms with E-state index in [2.05, 4.69) is 15.4 Å². The van der Waals surface area contributed by atoms with Crippen molar-refractivity contribution in [1.29, 1.82) is 0 Å². The molecule has 1 aromatic carbocycles. The van der Waals surface area contributed by atoms with E-state index in [0.29, 0.717) is 24.4 Å². The van der Waals surface area contributed by atoms with E-state index >= 15 is 0 Å². The van der Waals surface area contributed by atoms with E-state index in [0.717, 1.165) is 36.3 Å². The van der Waals surface area contributed by atoms with Crippen LogP contribution >= 0.6 is 11.3 Å². The molecule has 1 amide bonds. The number of alkyl halides is 1. The van der Waals surface area contributed by atoms with Gasteiger partial charge in [-0.05, 0) is 43.9 Å². The first-order valence-corrected chi connectivity index (χ1v) is 11.4. The van der Waals surface area contributed by atoms with Crippen molar-refractivity contribution in [1.82, 2.24) is 14.8 Å². The Morgan fingerprint density at radius 1 is 1.30 bits per heavy atom. The van der Waals surface area contributed by atoms with E-state index in [1.165, 1.54) is 18.5 Å². The van der Waals surface area contributed by atoms with Crippen LogP contribution in [-0.4, -0.2) is 33.3 Å². The maximum absolute atomic E-state index is 14.5. The number of anilines is 1. The Labute approximate surface area is 192 Å². The Morgan fingerprint density at radius 3 is 2.73 bits per heavy atom. The lowest BCUT2D eigenvalue weighted by atomic mass is 10.1. The lowest BCUT2D eigenvalue weighted by Crippen LogP contribution is -2.19. The fourth-order valence-electron chi connectivity index (χ4n) is 3.80. The number of aromatic nitrogens is 3. The number of rotatable bonds is 5. The molecule has 3 heterocycles. The SMILES string of the molecule is CC(F)c1cc(F)c(-c2nc(C(=O)Nc3cnn(C)c3C3CCC(N)CCO3)cs2)c(F)c1. The van der Waals surface area contributed by atoms with Crippen LogP contribution in [0, 0.1) is 11.6 Å². The lowest BCUT2D eigenvalue weighted by molar-refractivity contribution is 0.0529. The molecule has 3 aromatic rings. The first-order valence-electron chi connectivity index (χ1n) is 10.5. The van der Waals surface area contributed by atoms with Crippen molar-refractivity contribution in [3.05, 3.63) is 52.3 Å². The number of nitrogens with one attached hydrogen (secondary N) is 1. The van der Waals surface area contributed by atoms with Gasteiger partial charge in [0.2, 0.25) is 0 Å². The molecule has 0 radical (unpaired) electrons. The third kappa shape index (κ3) is 4.94. The molecule has 33 heavy (non-hydrogen) atoms. The summed E-state index contributed by atoms with van der Waals surface area (Å²) >= 11 is 0.919. The molecule has 0 bridgehead atoms. The lowest BCUT2D eigenvalue weighted by Gasteiger charge is -2.17. The first-order chi connectivity index (χ1) is 15.7. The zero-order valence-electron chi connectivity index (χ0n) is 18.1. The number of hydrogen-bond acceptors (Lipinski definition) is 6. The summed E-state index contributed by atoms with van der Waals surface area (Å²) in [6, 6.07) is 1.94. The monoisotopic (exact) mass is 479 g/mol. The highest BCUT2D eigenvalue weighted by atomic mass is 32.1. The summed E-state index contributed by atoms with van der Waals surface area (Å²) in [5.41, 5.74) is 6.70. The van der Waals surface area contributed by atoms with E-state index in [9.17, 15) is 18.0 Å². The third-order valence-electron chi connectivity index (χ3n) is 5.62. The topological polar surface area (TPSA) is 95.1 Å². The van der Waals surface area contributed by atoms with E-state index in [4.69, 9.17) is 10.5 Å². The van der Waals surface area contributed by atoms with Gasteiger partial charge in [-0.25, -0.2) is 18.2 Å². The maximum atomic E-state index is 14.5. The number of halogens is 3. The number of benzene rings is 1. The molecule has 1 aliphatic heterocycles. The minimum absolute atomic E-state index is 0.00431. The molecule has 1 aliphatic rings. The van der Waals surface area contributed by atoms with Crippen molar-refractivity contribution in [3.8, 4) is 10.6 Å². The number of aryl methyl sites for hydroxylation is 1. The molecule has 3 N–H and O–H groups in total. The molecule has 2 aromatic heterocycles. The first kappa shape index (κ1) is 23.4. The number of nitrogens with zero attached hydrogens (tertiary/aromatic N) is 3. The number of carbonyl (C=O) groups is 1. The van der Waals surface area contributed by atoms with Crippen LogP contribution in [0.2, 0.25) is 0 Å². The van der Waals surface area contributed by atoms with Gasteiger partial charge in [-0.2, -0.15) is 5.10 Å². The highest BCUT2D eigenvalue weighted by Crippen LogP contribution is 2.34. The highest BCUT2D eigenvalue weighted by molar-refractivity contribution is 7.13. The van der Waals surface area contributed by atoms with Gasteiger partial charge in [0.05, 0.1) is 23.1 Å². The van der Waals surface area contributed by atoms with Crippen LogP contribution in [0.15, 0.2) is 23.7 Å². The molecule has 3 atom stereocenters. The van der Waals surface area contributed by atoms with Crippen LogP contribution < -0.4 is 11.1 Å². The molecule has 11 heteroatoms. The molecule has 0 aliphatic carbocycles. The molecule has 176 valence electrons. The van der Waals surface area contributed by atoms with Crippen LogP contribution in [0.1, 0.15) is 60.2 Å². The van der Waals surface area contributed by atoms with Crippen LogP contribution in [0.25, 0.3) is 10.6 Å². The summed E-state index contributed by atoms with van der Waals surface area (Å²) in [7, 11) is 1.76. The normalized spacial score (nSPS) is 19.8. The maximum Gasteiger partial charge on any atom is 0.275 e. The van der Waals surface area contributed by atoms with Gasteiger partial charge in [0.25, 0.3) is 5.91 Å². The summed E-state index contributed by atoms with van der Waals surface area (Å²) in [6.45, 7) is 1.71. The predicted molar refractivity (Wildman–Crippen MR) is 119 cm³/mol. The van der Waals surface area contributed by atoms with E-state index in [1.807, 2.05) is 0 Å². The Hall–Kier alpha value is -2.76. The molecular weight excluding hydrogens is 455 g/mol. The smallest absolute Gasteiger partial charge is 0.275 e. The Bertz CT molecular complexity index is 1140. The van der Waals surface area contributed by atoms with Gasteiger partial charge < -0.3 is 15.8 Å². The molecule has 4 rings (SSSR count). The van der Waals surface area contributed by atoms with Gasteiger partial charge >= 0.3 is 0 Å². The molecule has 3 unspecified atom stereocenters. The van der Waals surface area contributed by atoms with E-state index < -0.39 is 29.3 Å². The minimum Gasteiger partial charge on any atom is -0.372 e. The van der Waals surface area contributed by atoms with Crippen molar-refractivity contribution in [2.45, 2.75) is 44.5 Å². The standard InChI is InChI=1S/C22H24F3N5O2S/c1-11(23)12-7-14(24)19(15(25)8-12)22-29-17(10-33-22)21(31)28-16-9-27-30(2)20(16)18-4-3-13(26)5-6-32-18/h7-11,13,18H,3-6,26H2,1-2H3,(H,28,31). The second-order valence-electron chi connectivity index (χ2n) is 8.02. The molecule has 1 fully saturated rings. The average molecular weight is 480 g/mol. The van der Waals surface area contributed by atoms with Gasteiger partial charge in [-0.15, -0.1) is 11.3 Å². The van der Waals surface area contributed by atoms with Crippen molar-refractivity contribution in [3.63, 3.8) is 0 Å². The Balaban J connectivity index is 1.55. The quantitative estimate of drug-likeness (QED) is 0.554. The molecule has 0 spiro atoms. The van der Waals surface area contributed by atoms with E-state index in [1.54, 1.807) is 11.7 Å². The summed E-state index contributed by atoms with van der Waals surface area (Å²) < 4.78 is 49.9. The van der Waals surface area contributed by atoms with Crippen LogP contribution in [0.5, 0.6) is 0 Å². The van der Waals surface area contributed by atoms with Crippen LogP contribution in [0.3, 0.4) is 0 Å². The van der Waals surface area contributed by atoms with Crippen molar-refractivity contribution < 1.29 is 22.7 Å². The highest BCUT2D eigenvalue weighted by Gasteiger charge is 2.26. The van der Waals surface area contributed by atoms with Gasteiger partial charge in [0.15, 0.2) is 0 Å². The van der Waals surface area contributed by atoms with Crippen LogP contribution in [0.4, 0.5) is 18.9 Å². The average Bonchev–Trinajstić information content (AvgIpc) is 3.31. The van der Waals surface area contributed by atoms with Crippen molar-refractivity contribution >= 4 is 22.9 Å². The number of thiazole rings is 1. The second kappa shape index (κ2) is 9.62. The molecule has 7 nitrogen and oxygen atoms in total. The van der Waals surface area contributed by atoms with Crippen molar-refractivity contribution in [2.75, 3.05) is 11.9 Å². The van der Waals surface area contributed by atoms with Crippen molar-refractivity contribution in [2.24, 2.45) is 12.8 Å².